The molecule has 7 nitrogen and oxygen atoms in total. The van der Waals surface area contributed by atoms with Gasteiger partial charge in [-0.1, -0.05) is 37.6 Å². The van der Waals surface area contributed by atoms with Crippen LogP contribution in [0.15, 0.2) is 36.7 Å². The van der Waals surface area contributed by atoms with Gasteiger partial charge in [-0.2, -0.15) is 4.98 Å². The van der Waals surface area contributed by atoms with Gasteiger partial charge in [0.1, 0.15) is 5.65 Å². The summed E-state index contributed by atoms with van der Waals surface area (Å²) in [5.41, 5.74) is 4.76. The van der Waals surface area contributed by atoms with E-state index in [-0.39, 0.29) is 6.10 Å². The number of aliphatic hydroxyl groups excluding tert-OH is 1. The van der Waals surface area contributed by atoms with E-state index >= 15 is 0 Å². The summed E-state index contributed by atoms with van der Waals surface area (Å²) in [6.07, 6.45) is 10.0. The molecule has 1 unspecified atom stereocenters. The molecule has 7 heteroatoms. The van der Waals surface area contributed by atoms with Crippen molar-refractivity contribution >= 4 is 17.0 Å². The SMILES string of the molecule is CCCCNc1ncc2c(-c3ccc(C(C)N4CCN(C)CC4)cc3)cn([C@H]3CC[C@H](O)CC3)c2n1. The molecular formula is C29H42N6O. The van der Waals surface area contributed by atoms with Gasteiger partial charge in [0.25, 0.3) is 0 Å². The topological polar surface area (TPSA) is 69.5 Å². The second kappa shape index (κ2) is 11.3. The molecule has 2 N–H and O–H groups in total. The van der Waals surface area contributed by atoms with Crippen LogP contribution in [-0.2, 0) is 0 Å². The van der Waals surface area contributed by atoms with Crippen LogP contribution >= 0.6 is 0 Å². The Balaban J connectivity index is 1.43. The van der Waals surface area contributed by atoms with Gasteiger partial charge >= 0.3 is 0 Å². The average molecular weight is 491 g/mol. The minimum atomic E-state index is -0.168. The maximum Gasteiger partial charge on any atom is 0.224 e. The van der Waals surface area contributed by atoms with E-state index in [9.17, 15) is 5.11 Å². The fraction of sp³-hybridized carbons (Fsp3) is 0.586. The van der Waals surface area contributed by atoms with Gasteiger partial charge in [0.2, 0.25) is 5.95 Å². The Kier molecular flexibility index (Phi) is 7.89. The lowest BCUT2D eigenvalue weighted by Gasteiger charge is -2.36. The maximum atomic E-state index is 10.1. The number of aliphatic hydroxyl groups is 1. The summed E-state index contributed by atoms with van der Waals surface area (Å²) in [4.78, 5) is 14.6. The number of rotatable bonds is 8. The number of hydrogen-bond donors (Lipinski definition) is 2. The highest BCUT2D eigenvalue weighted by atomic mass is 16.3. The number of nitrogens with zero attached hydrogens (tertiary/aromatic N) is 5. The summed E-state index contributed by atoms with van der Waals surface area (Å²) in [6.45, 7) is 9.91. The number of anilines is 1. The fourth-order valence-corrected chi connectivity index (χ4v) is 5.70. The molecule has 194 valence electrons. The third-order valence-electron chi connectivity index (χ3n) is 8.23. The first-order valence-electron chi connectivity index (χ1n) is 13.9. The van der Waals surface area contributed by atoms with Gasteiger partial charge in [0.15, 0.2) is 0 Å². The number of piperazine rings is 1. The van der Waals surface area contributed by atoms with Crippen LogP contribution in [0.3, 0.4) is 0 Å². The predicted molar refractivity (Wildman–Crippen MR) is 147 cm³/mol. The number of likely N-dealkylation sites (N-methyl/N-ethyl adjacent to an activating group) is 1. The zero-order valence-corrected chi connectivity index (χ0v) is 22.2. The van der Waals surface area contributed by atoms with E-state index in [4.69, 9.17) is 4.98 Å². The Morgan fingerprint density at radius 1 is 1.06 bits per heavy atom. The Hall–Kier alpha value is -2.48. The van der Waals surface area contributed by atoms with Crippen molar-refractivity contribution in [2.24, 2.45) is 0 Å². The van der Waals surface area contributed by atoms with E-state index in [1.54, 1.807) is 0 Å². The van der Waals surface area contributed by atoms with Gasteiger partial charge in [-0.3, -0.25) is 4.90 Å². The van der Waals surface area contributed by atoms with Crippen molar-refractivity contribution in [1.82, 2.24) is 24.3 Å². The van der Waals surface area contributed by atoms with Crippen LogP contribution in [0, 0.1) is 0 Å². The molecule has 0 bridgehead atoms. The quantitative estimate of drug-likeness (QED) is 0.429. The van der Waals surface area contributed by atoms with Gasteiger partial charge < -0.3 is 19.9 Å². The van der Waals surface area contributed by atoms with E-state index in [1.807, 2.05) is 6.20 Å². The standard InChI is InChI=1S/C29H42N6O/c1-4-5-14-30-29-31-19-26-27(20-35(28(26)32-29)24-10-12-25(36)13-11-24)23-8-6-22(7-9-23)21(2)34-17-15-33(3)16-18-34/h6-9,19-21,24-25,36H,4-5,10-18H2,1-3H3,(H,30,31,32)/t21?,24-,25-. The largest absolute Gasteiger partial charge is 0.393 e. The highest BCUT2D eigenvalue weighted by Gasteiger charge is 2.25. The number of unbranched alkanes of at least 4 members (excludes halogenated alkanes) is 1. The maximum absolute atomic E-state index is 10.1. The van der Waals surface area contributed by atoms with Gasteiger partial charge in [0, 0.05) is 68.2 Å². The molecule has 36 heavy (non-hydrogen) atoms. The Morgan fingerprint density at radius 3 is 2.47 bits per heavy atom. The molecule has 2 fully saturated rings. The molecular weight excluding hydrogens is 448 g/mol. The van der Waals surface area contributed by atoms with E-state index in [1.165, 1.54) is 16.7 Å². The average Bonchev–Trinajstić information content (AvgIpc) is 3.28. The Labute approximate surface area is 215 Å². The summed E-state index contributed by atoms with van der Waals surface area (Å²) in [5.74, 6) is 0.703. The van der Waals surface area contributed by atoms with Crippen LogP contribution in [0.5, 0.6) is 0 Å². The first-order valence-corrected chi connectivity index (χ1v) is 13.9. The van der Waals surface area contributed by atoms with Crippen molar-refractivity contribution in [2.75, 3.05) is 45.1 Å². The highest BCUT2D eigenvalue weighted by Crippen LogP contribution is 2.37. The minimum absolute atomic E-state index is 0.168. The molecule has 0 radical (unpaired) electrons. The number of hydrogen-bond acceptors (Lipinski definition) is 6. The Morgan fingerprint density at radius 2 is 1.78 bits per heavy atom. The van der Waals surface area contributed by atoms with E-state index in [0.717, 1.165) is 82.3 Å². The van der Waals surface area contributed by atoms with E-state index in [0.29, 0.717) is 18.0 Å². The van der Waals surface area contributed by atoms with Gasteiger partial charge in [-0.15, -0.1) is 0 Å². The van der Waals surface area contributed by atoms with Crippen molar-refractivity contribution in [2.45, 2.75) is 70.6 Å². The highest BCUT2D eigenvalue weighted by molar-refractivity contribution is 5.94. The molecule has 0 amide bonds. The van der Waals surface area contributed by atoms with Crippen LogP contribution < -0.4 is 5.32 Å². The zero-order chi connectivity index (χ0) is 25.1. The lowest BCUT2D eigenvalue weighted by atomic mass is 9.93. The fourth-order valence-electron chi connectivity index (χ4n) is 5.70. The summed E-state index contributed by atoms with van der Waals surface area (Å²) >= 11 is 0. The molecule has 3 heterocycles. The van der Waals surface area contributed by atoms with Crippen LogP contribution in [-0.4, -0.2) is 75.3 Å². The molecule has 1 aliphatic carbocycles. The molecule has 1 saturated heterocycles. The molecule has 2 aromatic heterocycles. The molecule has 3 aromatic rings. The Bertz CT molecular complexity index is 1130. The lowest BCUT2D eigenvalue weighted by molar-refractivity contribution is 0.111. The minimum Gasteiger partial charge on any atom is -0.393 e. The van der Waals surface area contributed by atoms with Crippen molar-refractivity contribution in [3.63, 3.8) is 0 Å². The number of benzene rings is 1. The molecule has 5 rings (SSSR count). The van der Waals surface area contributed by atoms with E-state index in [2.05, 4.69) is 76.0 Å². The molecule has 0 spiro atoms. The van der Waals surface area contributed by atoms with Crippen molar-refractivity contribution in [3.8, 4) is 11.1 Å². The van der Waals surface area contributed by atoms with E-state index < -0.39 is 0 Å². The number of aromatic nitrogens is 3. The van der Waals surface area contributed by atoms with Crippen molar-refractivity contribution < 1.29 is 5.11 Å². The monoisotopic (exact) mass is 490 g/mol. The summed E-state index contributed by atoms with van der Waals surface area (Å²) in [5, 5.41) is 14.6. The van der Waals surface area contributed by atoms with Crippen LogP contribution in [0.2, 0.25) is 0 Å². The number of fused-ring (bicyclic) bond motifs is 1. The van der Waals surface area contributed by atoms with Gasteiger partial charge in [-0.05, 0) is 57.2 Å². The third kappa shape index (κ3) is 5.43. The molecule has 1 saturated carbocycles. The first kappa shape index (κ1) is 25.2. The summed E-state index contributed by atoms with van der Waals surface area (Å²) < 4.78 is 2.35. The number of nitrogens with one attached hydrogen (secondary N) is 1. The summed E-state index contributed by atoms with van der Waals surface area (Å²) in [6, 6.07) is 9.89. The molecule has 1 aliphatic heterocycles. The predicted octanol–water partition coefficient (Wildman–Crippen LogP) is 5.09. The normalized spacial score (nSPS) is 22.7. The van der Waals surface area contributed by atoms with Crippen LogP contribution in [0.1, 0.15) is 70.0 Å². The molecule has 2 aliphatic rings. The third-order valence-corrected chi connectivity index (χ3v) is 8.23. The molecule has 1 aromatic carbocycles. The molecule has 1 atom stereocenters. The van der Waals surface area contributed by atoms with Gasteiger partial charge in [0.05, 0.1) is 6.10 Å². The summed E-state index contributed by atoms with van der Waals surface area (Å²) in [7, 11) is 2.21. The lowest BCUT2D eigenvalue weighted by Crippen LogP contribution is -2.45. The smallest absolute Gasteiger partial charge is 0.224 e. The second-order valence-corrected chi connectivity index (χ2v) is 10.8. The van der Waals surface area contributed by atoms with Crippen molar-refractivity contribution in [1.29, 1.82) is 0 Å². The van der Waals surface area contributed by atoms with Crippen LogP contribution in [0.4, 0.5) is 5.95 Å². The van der Waals surface area contributed by atoms with Gasteiger partial charge in [-0.25, -0.2) is 4.98 Å². The van der Waals surface area contributed by atoms with Crippen molar-refractivity contribution in [3.05, 3.63) is 42.2 Å². The second-order valence-electron chi connectivity index (χ2n) is 10.8. The zero-order valence-electron chi connectivity index (χ0n) is 22.2. The van der Waals surface area contributed by atoms with Crippen LogP contribution in [0.25, 0.3) is 22.2 Å². The first-order chi connectivity index (χ1) is 17.5.